The molecule has 1 rings (SSSR count). The molecule has 1 aliphatic heterocycles. The second kappa shape index (κ2) is 8.04. The fourth-order valence-corrected chi connectivity index (χ4v) is 2.11. The summed E-state index contributed by atoms with van der Waals surface area (Å²) in [5.41, 5.74) is 0. The number of hydrogen-bond acceptors (Lipinski definition) is 3. The first kappa shape index (κ1) is 13.9. The number of hydrogen-bond donors (Lipinski definition) is 1. The molecule has 0 amide bonds. The average Bonchev–Trinajstić information content (AvgIpc) is 2.30. The molecule has 0 aliphatic carbocycles. The van der Waals surface area contributed by atoms with Gasteiger partial charge in [0.05, 0.1) is 0 Å². The highest BCUT2D eigenvalue weighted by atomic mass is 16.5. The van der Waals surface area contributed by atoms with Crippen LogP contribution in [0.2, 0.25) is 0 Å². The molecule has 96 valence electrons. The average molecular weight is 228 g/mol. The molecule has 0 radical (unpaired) electrons. The van der Waals surface area contributed by atoms with E-state index in [1.807, 2.05) is 0 Å². The molecule has 16 heavy (non-hydrogen) atoms. The zero-order chi connectivity index (χ0) is 11.8. The molecule has 1 heterocycles. The van der Waals surface area contributed by atoms with Crippen molar-refractivity contribution in [3.05, 3.63) is 0 Å². The van der Waals surface area contributed by atoms with Crippen LogP contribution in [-0.2, 0) is 4.74 Å². The summed E-state index contributed by atoms with van der Waals surface area (Å²) in [7, 11) is 2.23. The van der Waals surface area contributed by atoms with Crippen molar-refractivity contribution in [3.63, 3.8) is 0 Å². The molecule has 1 unspecified atom stereocenters. The van der Waals surface area contributed by atoms with Gasteiger partial charge in [-0.25, -0.2) is 0 Å². The molecule has 0 bridgehead atoms. The Bertz CT molecular complexity index is 169. The maximum absolute atomic E-state index is 5.38. The van der Waals surface area contributed by atoms with Gasteiger partial charge in [0.25, 0.3) is 0 Å². The Hall–Kier alpha value is -0.120. The van der Waals surface area contributed by atoms with E-state index in [1.165, 1.54) is 25.8 Å². The SMILES string of the molecule is CCC(C)NCCN(C)CC1CCOCC1. The molecule has 1 N–H and O–H groups in total. The van der Waals surface area contributed by atoms with E-state index in [1.54, 1.807) is 0 Å². The van der Waals surface area contributed by atoms with Gasteiger partial charge in [-0.1, -0.05) is 6.92 Å². The van der Waals surface area contributed by atoms with Crippen molar-refractivity contribution in [1.82, 2.24) is 10.2 Å². The first-order chi connectivity index (χ1) is 7.72. The highest BCUT2D eigenvalue weighted by molar-refractivity contribution is 4.68. The van der Waals surface area contributed by atoms with Crippen LogP contribution < -0.4 is 5.32 Å². The van der Waals surface area contributed by atoms with Crippen LogP contribution >= 0.6 is 0 Å². The topological polar surface area (TPSA) is 24.5 Å². The maximum Gasteiger partial charge on any atom is 0.0469 e. The molecular formula is C13H28N2O. The Morgan fingerprint density at radius 3 is 2.69 bits per heavy atom. The van der Waals surface area contributed by atoms with Crippen LogP contribution in [0.5, 0.6) is 0 Å². The Kier molecular flexibility index (Phi) is 7.01. The van der Waals surface area contributed by atoms with E-state index in [0.717, 1.165) is 32.2 Å². The molecule has 1 aliphatic rings. The zero-order valence-electron chi connectivity index (χ0n) is 11.2. The van der Waals surface area contributed by atoms with Gasteiger partial charge in [0.15, 0.2) is 0 Å². The van der Waals surface area contributed by atoms with Crippen molar-refractivity contribution < 1.29 is 4.74 Å². The predicted molar refractivity (Wildman–Crippen MR) is 68.8 cm³/mol. The van der Waals surface area contributed by atoms with Gasteiger partial charge < -0.3 is 15.0 Å². The van der Waals surface area contributed by atoms with E-state index in [2.05, 4.69) is 31.1 Å². The summed E-state index contributed by atoms with van der Waals surface area (Å²) in [4.78, 5) is 2.45. The number of ether oxygens (including phenoxy) is 1. The van der Waals surface area contributed by atoms with Crippen LogP contribution in [0.1, 0.15) is 33.1 Å². The van der Waals surface area contributed by atoms with Gasteiger partial charge in [0.2, 0.25) is 0 Å². The minimum absolute atomic E-state index is 0.650. The van der Waals surface area contributed by atoms with Gasteiger partial charge in [-0.2, -0.15) is 0 Å². The van der Waals surface area contributed by atoms with E-state index in [0.29, 0.717) is 6.04 Å². The maximum atomic E-state index is 5.38. The van der Waals surface area contributed by atoms with Gasteiger partial charge >= 0.3 is 0 Å². The number of rotatable bonds is 7. The predicted octanol–water partition coefficient (Wildman–Crippen LogP) is 1.73. The first-order valence-corrected chi connectivity index (χ1v) is 6.72. The van der Waals surface area contributed by atoms with E-state index in [-0.39, 0.29) is 0 Å². The Morgan fingerprint density at radius 2 is 2.06 bits per heavy atom. The lowest BCUT2D eigenvalue weighted by molar-refractivity contribution is 0.0558. The summed E-state index contributed by atoms with van der Waals surface area (Å²) in [5, 5.41) is 3.53. The molecule has 0 aromatic carbocycles. The van der Waals surface area contributed by atoms with Crippen LogP contribution in [0.15, 0.2) is 0 Å². The number of nitrogens with zero attached hydrogens (tertiary/aromatic N) is 1. The summed E-state index contributed by atoms with van der Waals surface area (Å²) >= 11 is 0. The zero-order valence-corrected chi connectivity index (χ0v) is 11.2. The van der Waals surface area contributed by atoms with Crippen molar-refractivity contribution in [3.8, 4) is 0 Å². The molecule has 0 aromatic heterocycles. The third-order valence-corrected chi connectivity index (χ3v) is 3.51. The van der Waals surface area contributed by atoms with Crippen LogP contribution in [0.4, 0.5) is 0 Å². The third kappa shape index (κ3) is 5.83. The first-order valence-electron chi connectivity index (χ1n) is 6.72. The van der Waals surface area contributed by atoms with Crippen LogP contribution in [0.3, 0.4) is 0 Å². The lowest BCUT2D eigenvalue weighted by Crippen LogP contribution is -2.37. The lowest BCUT2D eigenvalue weighted by atomic mass is 10.00. The quantitative estimate of drug-likeness (QED) is 0.718. The fraction of sp³-hybridized carbons (Fsp3) is 1.00. The van der Waals surface area contributed by atoms with Crippen molar-refractivity contribution in [2.75, 3.05) is 39.9 Å². The Balaban J connectivity index is 2.03. The van der Waals surface area contributed by atoms with Crippen molar-refractivity contribution in [2.24, 2.45) is 5.92 Å². The Morgan fingerprint density at radius 1 is 1.38 bits per heavy atom. The third-order valence-electron chi connectivity index (χ3n) is 3.51. The standard InChI is InChI=1S/C13H28N2O/c1-4-12(2)14-7-8-15(3)11-13-5-9-16-10-6-13/h12-14H,4-11H2,1-3H3. The van der Waals surface area contributed by atoms with Gasteiger partial charge in [-0.05, 0) is 39.2 Å². The summed E-state index contributed by atoms with van der Waals surface area (Å²) in [6.45, 7) is 9.89. The molecule has 3 heteroatoms. The molecule has 1 atom stereocenters. The van der Waals surface area contributed by atoms with Crippen molar-refractivity contribution in [2.45, 2.75) is 39.2 Å². The van der Waals surface area contributed by atoms with Gasteiger partial charge in [0, 0.05) is 38.9 Å². The summed E-state index contributed by atoms with van der Waals surface area (Å²) in [5.74, 6) is 0.849. The monoisotopic (exact) mass is 228 g/mol. The minimum atomic E-state index is 0.650. The smallest absolute Gasteiger partial charge is 0.0469 e. The number of nitrogens with one attached hydrogen (secondary N) is 1. The lowest BCUT2D eigenvalue weighted by Gasteiger charge is -2.27. The van der Waals surface area contributed by atoms with Gasteiger partial charge in [0.1, 0.15) is 0 Å². The molecule has 3 nitrogen and oxygen atoms in total. The van der Waals surface area contributed by atoms with E-state index >= 15 is 0 Å². The van der Waals surface area contributed by atoms with Crippen LogP contribution in [-0.4, -0.2) is 50.8 Å². The summed E-state index contributed by atoms with van der Waals surface area (Å²) in [6, 6.07) is 0.650. The highest BCUT2D eigenvalue weighted by Gasteiger charge is 2.15. The fourth-order valence-electron chi connectivity index (χ4n) is 2.11. The largest absolute Gasteiger partial charge is 0.381 e. The van der Waals surface area contributed by atoms with E-state index in [9.17, 15) is 0 Å². The van der Waals surface area contributed by atoms with E-state index < -0.39 is 0 Å². The van der Waals surface area contributed by atoms with Crippen molar-refractivity contribution in [1.29, 1.82) is 0 Å². The van der Waals surface area contributed by atoms with Gasteiger partial charge in [-0.15, -0.1) is 0 Å². The van der Waals surface area contributed by atoms with Crippen molar-refractivity contribution >= 4 is 0 Å². The molecule has 0 aromatic rings. The number of likely N-dealkylation sites (N-methyl/N-ethyl adjacent to an activating group) is 1. The Labute approximate surface area is 101 Å². The van der Waals surface area contributed by atoms with E-state index in [4.69, 9.17) is 4.74 Å². The molecule has 1 saturated heterocycles. The highest BCUT2D eigenvalue weighted by Crippen LogP contribution is 2.15. The minimum Gasteiger partial charge on any atom is -0.381 e. The van der Waals surface area contributed by atoms with Crippen LogP contribution in [0.25, 0.3) is 0 Å². The summed E-state index contributed by atoms with van der Waals surface area (Å²) < 4.78 is 5.38. The molecule has 0 saturated carbocycles. The normalized spacial score (nSPS) is 20.2. The summed E-state index contributed by atoms with van der Waals surface area (Å²) in [6.07, 6.45) is 3.69. The second-order valence-corrected chi connectivity index (χ2v) is 5.08. The molecule has 1 fully saturated rings. The van der Waals surface area contributed by atoms with Crippen LogP contribution in [0, 0.1) is 5.92 Å². The molecule has 0 spiro atoms. The van der Waals surface area contributed by atoms with Gasteiger partial charge in [-0.3, -0.25) is 0 Å². The molecular weight excluding hydrogens is 200 g/mol. The second-order valence-electron chi connectivity index (χ2n) is 5.08.